The number of likely N-dealkylation sites (N-methyl/N-ethyl adjacent to an activating group) is 1. The molecule has 0 spiro atoms. The van der Waals surface area contributed by atoms with E-state index in [0.29, 0.717) is 0 Å². The normalized spacial score (nSPS) is 33.3. The van der Waals surface area contributed by atoms with Gasteiger partial charge in [0.1, 0.15) is 12.1 Å². The zero-order valence-corrected chi connectivity index (χ0v) is 5.68. The summed E-state index contributed by atoms with van der Waals surface area (Å²) in [6, 6.07) is -0.0463. The highest BCUT2D eigenvalue weighted by Gasteiger charge is 2.39. The van der Waals surface area contributed by atoms with Crippen molar-refractivity contribution in [1.82, 2.24) is 5.32 Å². The van der Waals surface area contributed by atoms with Gasteiger partial charge < -0.3 is 10.1 Å². The molecule has 0 saturated carbocycles. The number of esters is 1. The van der Waals surface area contributed by atoms with E-state index in [0.717, 1.165) is 6.42 Å². The fourth-order valence-corrected chi connectivity index (χ4v) is 0.993. The lowest BCUT2D eigenvalue weighted by molar-refractivity contribution is -0.176. The van der Waals surface area contributed by atoms with E-state index in [-0.39, 0.29) is 18.1 Å². The molecule has 0 unspecified atom stereocenters. The second kappa shape index (κ2) is 2.35. The largest absolute Gasteiger partial charge is 0.459 e. The van der Waals surface area contributed by atoms with Crippen LogP contribution in [0.2, 0.25) is 0 Å². The highest BCUT2D eigenvalue weighted by Crippen LogP contribution is 2.16. The summed E-state index contributed by atoms with van der Waals surface area (Å²) in [6.07, 6.45) is 1.01. The Morgan fingerprint density at radius 1 is 1.78 bits per heavy atom. The van der Waals surface area contributed by atoms with E-state index in [1.807, 2.05) is 6.92 Å². The van der Waals surface area contributed by atoms with Gasteiger partial charge in [-0.05, 0) is 13.5 Å². The van der Waals surface area contributed by atoms with Crippen LogP contribution in [0.15, 0.2) is 0 Å². The van der Waals surface area contributed by atoms with Crippen LogP contribution in [0.3, 0.4) is 0 Å². The molecule has 52 valence electrons. The van der Waals surface area contributed by atoms with Crippen LogP contribution in [0.1, 0.15) is 13.3 Å². The number of nitrogens with one attached hydrogen (secondary N) is 1. The Hall–Kier alpha value is -0.570. The summed E-state index contributed by atoms with van der Waals surface area (Å²) in [6.45, 7) is 2.00. The molecule has 2 atom stereocenters. The molecule has 1 N–H and O–H groups in total. The van der Waals surface area contributed by atoms with Gasteiger partial charge in [-0.2, -0.15) is 0 Å². The van der Waals surface area contributed by atoms with Gasteiger partial charge in [-0.25, -0.2) is 0 Å². The summed E-state index contributed by atoms with van der Waals surface area (Å²) in [4.78, 5) is 10.5. The van der Waals surface area contributed by atoms with E-state index in [1.165, 1.54) is 0 Å². The fourth-order valence-electron chi connectivity index (χ4n) is 0.993. The van der Waals surface area contributed by atoms with Gasteiger partial charge in [-0.1, -0.05) is 6.92 Å². The second-order valence-corrected chi connectivity index (χ2v) is 2.15. The van der Waals surface area contributed by atoms with Crippen molar-refractivity contribution >= 4 is 5.97 Å². The van der Waals surface area contributed by atoms with E-state index in [1.54, 1.807) is 7.05 Å². The van der Waals surface area contributed by atoms with Gasteiger partial charge >= 0.3 is 5.97 Å². The van der Waals surface area contributed by atoms with E-state index in [9.17, 15) is 4.79 Å². The molecule has 0 aliphatic carbocycles. The quantitative estimate of drug-likeness (QED) is 0.529. The van der Waals surface area contributed by atoms with Gasteiger partial charge in [-0.3, -0.25) is 4.79 Å². The molecule has 0 aromatic carbocycles. The maximum atomic E-state index is 10.5. The first-order chi connectivity index (χ1) is 4.29. The lowest BCUT2D eigenvalue weighted by Gasteiger charge is -2.33. The number of ether oxygens (including phenoxy) is 1. The first-order valence-corrected chi connectivity index (χ1v) is 3.17. The van der Waals surface area contributed by atoms with Crippen molar-refractivity contribution < 1.29 is 9.53 Å². The molecule has 1 aliphatic rings. The van der Waals surface area contributed by atoms with E-state index < -0.39 is 0 Å². The topological polar surface area (TPSA) is 38.3 Å². The third-order valence-corrected chi connectivity index (χ3v) is 1.61. The number of rotatable bonds is 2. The zero-order valence-electron chi connectivity index (χ0n) is 5.68. The molecule has 1 rings (SSSR count). The Balaban J connectivity index is 2.38. The van der Waals surface area contributed by atoms with Gasteiger partial charge in [0.2, 0.25) is 0 Å². The van der Waals surface area contributed by atoms with Crippen LogP contribution in [0.4, 0.5) is 0 Å². The molecule has 1 aliphatic heterocycles. The number of hydrogen-bond acceptors (Lipinski definition) is 3. The Bertz CT molecular complexity index is 124. The average Bonchev–Trinajstić information content (AvgIpc) is 1.83. The SMILES string of the molecule is CC[C@@H]1OC(=O)[C@@H]1NC. The van der Waals surface area contributed by atoms with Crippen molar-refractivity contribution in [2.75, 3.05) is 7.05 Å². The summed E-state index contributed by atoms with van der Waals surface area (Å²) in [5.41, 5.74) is 0. The molecule has 0 bridgehead atoms. The van der Waals surface area contributed by atoms with Crippen molar-refractivity contribution in [3.05, 3.63) is 0 Å². The first-order valence-electron chi connectivity index (χ1n) is 3.17. The summed E-state index contributed by atoms with van der Waals surface area (Å²) in [7, 11) is 1.77. The molecule has 0 amide bonds. The van der Waals surface area contributed by atoms with Crippen LogP contribution in [0.5, 0.6) is 0 Å². The Kier molecular flexibility index (Phi) is 1.71. The smallest absolute Gasteiger partial charge is 0.327 e. The lowest BCUT2D eigenvalue weighted by atomic mass is 10.0. The van der Waals surface area contributed by atoms with Crippen LogP contribution in [0.25, 0.3) is 0 Å². The molecule has 1 saturated heterocycles. The van der Waals surface area contributed by atoms with Gasteiger partial charge in [0, 0.05) is 0 Å². The van der Waals surface area contributed by atoms with Gasteiger partial charge in [0.05, 0.1) is 0 Å². The highest BCUT2D eigenvalue weighted by atomic mass is 16.6. The summed E-state index contributed by atoms with van der Waals surface area (Å²) in [5, 5.41) is 2.88. The predicted molar refractivity (Wildman–Crippen MR) is 33.0 cm³/mol. The summed E-state index contributed by atoms with van der Waals surface area (Å²) in [5.74, 6) is -0.121. The lowest BCUT2D eigenvalue weighted by Crippen LogP contribution is -2.56. The number of cyclic esters (lactones) is 1. The maximum absolute atomic E-state index is 10.5. The highest BCUT2D eigenvalue weighted by molar-refractivity contribution is 5.82. The number of carbonyl (C=O) groups excluding carboxylic acids is 1. The van der Waals surface area contributed by atoms with Crippen LogP contribution in [-0.4, -0.2) is 25.2 Å². The van der Waals surface area contributed by atoms with Crippen LogP contribution >= 0.6 is 0 Å². The molecule has 3 nitrogen and oxygen atoms in total. The molecular formula is C6H11NO2. The molecule has 1 heterocycles. The minimum Gasteiger partial charge on any atom is -0.459 e. The third-order valence-electron chi connectivity index (χ3n) is 1.61. The number of carbonyl (C=O) groups is 1. The summed E-state index contributed by atoms with van der Waals surface area (Å²) < 4.78 is 4.79. The average molecular weight is 129 g/mol. The Morgan fingerprint density at radius 3 is 2.67 bits per heavy atom. The van der Waals surface area contributed by atoms with Gasteiger partial charge in [-0.15, -0.1) is 0 Å². The van der Waals surface area contributed by atoms with Gasteiger partial charge in [0.25, 0.3) is 0 Å². The van der Waals surface area contributed by atoms with Gasteiger partial charge in [0.15, 0.2) is 0 Å². The van der Waals surface area contributed by atoms with Crippen molar-refractivity contribution in [2.24, 2.45) is 0 Å². The van der Waals surface area contributed by atoms with E-state index in [2.05, 4.69) is 5.32 Å². The molecule has 9 heavy (non-hydrogen) atoms. The molecule has 3 heteroatoms. The van der Waals surface area contributed by atoms with Crippen LogP contribution in [-0.2, 0) is 9.53 Å². The third kappa shape index (κ3) is 0.920. The summed E-state index contributed by atoms with van der Waals surface area (Å²) >= 11 is 0. The zero-order chi connectivity index (χ0) is 6.85. The molecule has 0 aromatic heterocycles. The van der Waals surface area contributed by atoms with Crippen LogP contribution in [0, 0.1) is 0 Å². The minimum atomic E-state index is -0.121. The monoisotopic (exact) mass is 129 g/mol. The number of hydrogen-bond donors (Lipinski definition) is 1. The van der Waals surface area contributed by atoms with Crippen molar-refractivity contribution in [3.63, 3.8) is 0 Å². The predicted octanol–water partition coefficient (Wildman–Crippen LogP) is -0.0902. The molecular weight excluding hydrogens is 118 g/mol. The van der Waals surface area contributed by atoms with E-state index in [4.69, 9.17) is 4.74 Å². The Morgan fingerprint density at radius 2 is 2.44 bits per heavy atom. The van der Waals surface area contributed by atoms with Crippen molar-refractivity contribution in [3.8, 4) is 0 Å². The molecule has 0 aromatic rings. The van der Waals surface area contributed by atoms with Crippen molar-refractivity contribution in [2.45, 2.75) is 25.5 Å². The molecule has 0 radical (unpaired) electrons. The minimum absolute atomic E-state index is 0.0463. The second-order valence-electron chi connectivity index (χ2n) is 2.15. The first kappa shape index (κ1) is 6.55. The fraction of sp³-hybridized carbons (Fsp3) is 0.833. The maximum Gasteiger partial charge on any atom is 0.327 e. The Labute approximate surface area is 54.4 Å². The standard InChI is InChI=1S/C6H11NO2/c1-3-4-5(7-2)6(8)9-4/h4-5,7H,3H2,1-2H3/t4-,5+/m0/s1. The van der Waals surface area contributed by atoms with Crippen molar-refractivity contribution in [1.29, 1.82) is 0 Å². The van der Waals surface area contributed by atoms with E-state index >= 15 is 0 Å². The van der Waals surface area contributed by atoms with Crippen LogP contribution < -0.4 is 5.32 Å². The molecule has 1 fully saturated rings.